The Labute approximate surface area is 66.8 Å². The summed E-state index contributed by atoms with van der Waals surface area (Å²) in [6.07, 6.45) is 3.82. The predicted molar refractivity (Wildman–Crippen MR) is 44.6 cm³/mol. The molecule has 3 nitrogen and oxygen atoms in total. The maximum Gasteiger partial charge on any atom is 0.216 e. The maximum absolute atomic E-state index is 5.09. The van der Waals surface area contributed by atoms with Crippen molar-refractivity contribution in [3.05, 3.63) is 12.1 Å². The van der Waals surface area contributed by atoms with Crippen molar-refractivity contribution in [2.75, 3.05) is 11.9 Å². The van der Waals surface area contributed by atoms with E-state index in [-0.39, 0.29) is 0 Å². The monoisotopic (exact) mass is 154 g/mol. The number of aryl methyl sites for hydroxylation is 1. The fraction of sp³-hybridized carbons (Fsp3) is 0.625. The van der Waals surface area contributed by atoms with Gasteiger partial charge < -0.3 is 9.73 Å². The Morgan fingerprint density at radius 3 is 3.00 bits per heavy atom. The van der Waals surface area contributed by atoms with Crippen LogP contribution in [0.3, 0.4) is 0 Å². The number of nitrogens with one attached hydrogen (secondary N) is 1. The van der Waals surface area contributed by atoms with Gasteiger partial charge in [0, 0.05) is 6.54 Å². The van der Waals surface area contributed by atoms with Gasteiger partial charge in [-0.3, -0.25) is 0 Å². The lowest BCUT2D eigenvalue weighted by Gasteiger charge is -2.00. The summed E-state index contributed by atoms with van der Waals surface area (Å²) in [4.78, 5) is 3.97. The lowest BCUT2D eigenvalue weighted by Crippen LogP contribution is -2.00. The molecule has 0 aliphatic carbocycles. The number of oxazole rings is 1. The summed E-state index contributed by atoms with van der Waals surface area (Å²) in [6, 6.07) is 0. The van der Waals surface area contributed by atoms with Crippen molar-refractivity contribution in [3.63, 3.8) is 0 Å². The maximum atomic E-state index is 5.09. The van der Waals surface area contributed by atoms with Crippen molar-refractivity contribution in [1.29, 1.82) is 0 Å². The summed E-state index contributed by atoms with van der Waals surface area (Å²) in [5.41, 5.74) is 0.932. The third-order valence-corrected chi connectivity index (χ3v) is 1.56. The van der Waals surface area contributed by atoms with Crippen LogP contribution in [0.15, 0.2) is 10.8 Å². The molecule has 0 bridgehead atoms. The quantitative estimate of drug-likeness (QED) is 0.675. The summed E-state index contributed by atoms with van der Waals surface area (Å²) in [6.45, 7) is 5.05. The van der Waals surface area contributed by atoms with Gasteiger partial charge >= 0.3 is 0 Å². The number of anilines is 1. The highest BCUT2D eigenvalue weighted by molar-refractivity contribution is 5.34. The first-order valence-corrected chi connectivity index (χ1v) is 3.98. The van der Waals surface area contributed by atoms with Crippen LogP contribution in [0.1, 0.15) is 25.5 Å². The molecule has 3 heteroatoms. The largest absolute Gasteiger partial charge is 0.428 e. The van der Waals surface area contributed by atoms with E-state index in [1.54, 1.807) is 0 Å². The van der Waals surface area contributed by atoms with Crippen molar-refractivity contribution < 1.29 is 4.42 Å². The van der Waals surface area contributed by atoms with Gasteiger partial charge in [-0.1, -0.05) is 13.3 Å². The van der Waals surface area contributed by atoms with Crippen LogP contribution in [-0.4, -0.2) is 11.5 Å². The Kier molecular flexibility index (Phi) is 2.95. The van der Waals surface area contributed by atoms with E-state index < -0.39 is 0 Å². The lowest BCUT2D eigenvalue weighted by atomic mass is 10.3. The van der Waals surface area contributed by atoms with E-state index in [2.05, 4.69) is 17.2 Å². The van der Waals surface area contributed by atoms with E-state index in [1.807, 2.05) is 6.92 Å². The predicted octanol–water partition coefficient (Wildman–Crippen LogP) is 2.20. The summed E-state index contributed by atoms with van der Waals surface area (Å²) >= 11 is 0. The third kappa shape index (κ3) is 2.26. The smallest absolute Gasteiger partial charge is 0.216 e. The van der Waals surface area contributed by atoms with Crippen molar-refractivity contribution >= 4 is 5.88 Å². The second-order valence-electron chi connectivity index (χ2n) is 2.55. The molecule has 0 spiro atoms. The van der Waals surface area contributed by atoms with Gasteiger partial charge in [-0.2, -0.15) is 0 Å². The molecule has 0 aromatic carbocycles. The standard InChI is InChI=1S/C8H14N2O/c1-3-4-5-9-8-7(2)10-6-11-8/h6,9H,3-5H2,1-2H3. The van der Waals surface area contributed by atoms with Crippen molar-refractivity contribution in [1.82, 2.24) is 4.98 Å². The van der Waals surface area contributed by atoms with E-state index >= 15 is 0 Å². The summed E-state index contributed by atoms with van der Waals surface area (Å²) in [5, 5.41) is 3.16. The minimum atomic E-state index is 0.804. The first-order valence-electron chi connectivity index (χ1n) is 3.98. The fourth-order valence-electron chi connectivity index (χ4n) is 0.850. The molecule has 0 fully saturated rings. The number of hydrogen-bond donors (Lipinski definition) is 1. The Balaban J connectivity index is 2.32. The molecule has 0 aliphatic heterocycles. The van der Waals surface area contributed by atoms with Gasteiger partial charge in [0.2, 0.25) is 5.88 Å². The van der Waals surface area contributed by atoms with Gasteiger partial charge in [0.25, 0.3) is 0 Å². The topological polar surface area (TPSA) is 38.1 Å². The van der Waals surface area contributed by atoms with Crippen molar-refractivity contribution in [2.45, 2.75) is 26.7 Å². The summed E-state index contributed by atoms with van der Waals surface area (Å²) < 4.78 is 5.09. The van der Waals surface area contributed by atoms with Crippen LogP contribution in [0.25, 0.3) is 0 Å². The highest BCUT2D eigenvalue weighted by atomic mass is 16.4. The number of nitrogens with zero attached hydrogens (tertiary/aromatic N) is 1. The van der Waals surface area contributed by atoms with Gasteiger partial charge in [0.05, 0.1) is 0 Å². The Morgan fingerprint density at radius 1 is 1.64 bits per heavy atom. The van der Waals surface area contributed by atoms with Gasteiger partial charge in [-0.05, 0) is 13.3 Å². The molecule has 1 aromatic rings. The molecule has 1 N–H and O–H groups in total. The molecule has 1 heterocycles. The van der Waals surface area contributed by atoms with Gasteiger partial charge in [0.15, 0.2) is 6.39 Å². The van der Waals surface area contributed by atoms with Crippen LogP contribution in [0.2, 0.25) is 0 Å². The average molecular weight is 154 g/mol. The van der Waals surface area contributed by atoms with E-state index in [0.29, 0.717) is 0 Å². The van der Waals surface area contributed by atoms with E-state index in [0.717, 1.165) is 18.1 Å². The second-order valence-corrected chi connectivity index (χ2v) is 2.55. The van der Waals surface area contributed by atoms with Gasteiger partial charge in [0.1, 0.15) is 5.69 Å². The highest BCUT2D eigenvalue weighted by Crippen LogP contribution is 2.10. The van der Waals surface area contributed by atoms with Crippen LogP contribution < -0.4 is 5.32 Å². The Morgan fingerprint density at radius 2 is 2.45 bits per heavy atom. The van der Waals surface area contributed by atoms with E-state index in [4.69, 9.17) is 4.42 Å². The fourth-order valence-corrected chi connectivity index (χ4v) is 0.850. The van der Waals surface area contributed by atoms with E-state index in [1.165, 1.54) is 19.2 Å². The molecule has 0 unspecified atom stereocenters. The Bertz CT molecular complexity index is 208. The Hall–Kier alpha value is -0.990. The zero-order chi connectivity index (χ0) is 8.10. The molecule has 1 rings (SSSR count). The van der Waals surface area contributed by atoms with Crippen LogP contribution in [0.5, 0.6) is 0 Å². The molecule has 0 saturated carbocycles. The normalized spacial score (nSPS) is 10.0. The zero-order valence-corrected chi connectivity index (χ0v) is 7.05. The molecule has 0 saturated heterocycles. The SMILES string of the molecule is CCCCNc1ocnc1C. The molecular formula is C8H14N2O. The van der Waals surface area contributed by atoms with Gasteiger partial charge in [-0.15, -0.1) is 0 Å². The summed E-state index contributed by atoms with van der Waals surface area (Å²) in [5.74, 6) is 0.804. The molecule has 62 valence electrons. The second kappa shape index (κ2) is 4.01. The van der Waals surface area contributed by atoms with E-state index in [9.17, 15) is 0 Å². The highest BCUT2D eigenvalue weighted by Gasteiger charge is 1.99. The van der Waals surface area contributed by atoms with Crippen LogP contribution in [-0.2, 0) is 0 Å². The molecular weight excluding hydrogens is 140 g/mol. The summed E-state index contributed by atoms with van der Waals surface area (Å²) in [7, 11) is 0. The van der Waals surface area contributed by atoms with Crippen LogP contribution in [0, 0.1) is 6.92 Å². The molecule has 0 amide bonds. The molecule has 11 heavy (non-hydrogen) atoms. The minimum absolute atomic E-state index is 0.804. The van der Waals surface area contributed by atoms with Crippen molar-refractivity contribution in [3.8, 4) is 0 Å². The first kappa shape index (κ1) is 8.11. The van der Waals surface area contributed by atoms with Gasteiger partial charge in [-0.25, -0.2) is 4.98 Å². The lowest BCUT2D eigenvalue weighted by molar-refractivity contribution is 0.567. The number of aromatic nitrogens is 1. The third-order valence-electron chi connectivity index (χ3n) is 1.56. The molecule has 1 aromatic heterocycles. The number of hydrogen-bond acceptors (Lipinski definition) is 3. The molecule has 0 atom stereocenters. The van der Waals surface area contributed by atoms with Crippen LogP contribution in [0.4, 0.5) is 5.88 Å². The average Bonchev–Trinajstić information content (AvgIpc) is 2.37. The zero-order valence-electron chi connectivity index (χ0n) is 7.05. The van der Waals surface area contributed by atoms with Crippen molar-refractivity contribution in [2.24, 2.45) is 0 Å². The van der Waals surface area contributed by atoms with Crippen LogP contribution >= 0.6 is 0 Å². The minimum Gasteiger partial charge on any atom is -0.428 e. The molecule has 0 radical (unpaired) electrons. The number of unbranched alkanes of at least 4 members (excludes halogenated alkanes) is 1. The number of rotatable bonds is 4. The first-order chi connectivity index (χ1) is 5.34. The molecule has 0 aliphatic rings.